The number of hydrogen-bond donors (Lipinski definition) is 2. The minimum absolute atomic E-state index is 0.0315. The SMILES string of the molecule is NNC(=O)[C@H]1CC[C@H](Oc2ccc(F)cn2)CC1. The molecular weight excluding hydrogens is 237 g/mol. The van der Waals surface area contributed by atoms with Crippen LogP contribution in [0.2, 0.25) is 0 Å². The van der Waals surface area contributed by atoms with Gasteiger partial charge in [0.15, 0.2) is 0 Å². The summed E-state index contributed by atoms with van der Waals surface area (Å²) in [5.41, 5.74) is 2.17. The Labute approximate surface area is 105 Å². The number of nitrogens with zero attached hydrogens (tertiary/aromatic N) is 1. The van der Waals surface area contributed by atoms with Crippen LogP contribution in [0.3, 0.4) is 0 Å². The van der Waals surface area contributed by atoms with Gasteiger partial charge in [-0.25, -0.2) is 15.2 Å². The predicted molar refractivity (Wildman–Crippen MR) is 62.9 cm³/mol. The van der Waals surface area contributed by atoms with Gasteiger partial charge in [0.25, 0.3) is 0 Å². The topological polar surface area (TPSA) is 77.2 Å². The lowest BCUT2D eigenvalue weighted by molar-refractivity contribution is -0.126. The summed E-state index contributed by atoms with van der Waals surface area (Å²) >= 11 is 0. The quantitative estimate of drug-likeness (QED) is 0.481. The highest BCUT2D eigenvalue weighted by atomic mass is 19.1. The Morgan fingerprint density at radius 2 is 2.11 bits per heavy atom. The molecule has 5 nitrogen and oxygen atoms in total. The van der Waals surface area contributed by atoms with Gasteiger partial charge in [-0.2, -0.15) is 0 Å². The molecule has 0 aliphatic heterocycles. The molecular formula is C12H16FN3O2. The van der Waals surface area contributed by atoms with Gasteiger partial charge in [0.05, 0.1) is 6.20 Å². The first-order chi connectivity index (χ1) is 8.69. The molecule has 0 spiro atoms. The van der Waals surface area contributed by atoms with E-state index >= 15 is 0 Å². The largest absolute Gasteiger partial charge is 0.474 e. The van der Waals surface area contributed by atoms with Crippen molar-refractivity contribution >= 4 is 5.91 Å². The number of ether oxygens (including phenoxy) is 1. The number of carbonyl (C=O) groups is 1. The van der Waals surface area contributed by atoms with Crippen LogP contribution in [0.1, 0.15) is 25.7 Å². The molecule has 1 aromatic rings. The van der Waals surface area contributed by atoms with E-state index in [2.05, 4.69) is 10.4 Å². The third-order valence-corrected chi connectivity index (χ3v) is 3.17. The van der Waals surface area contributed by atoms with Crippen LogP contribution in [0, 0.1) is 11.7 Å². The van der Waals surface area contributed by atoms with Gasteiger partial charge in [-0.1, -0.05) is 0 Å². The van der Waals surface area contributed by atoms with E-state index in [1.807, 2.05) is 0 Å². The molecule has 3 N–H and O–H groups in total. The Hall–Kier alpha value is -1.69. The average Bonchev–Trinajstić information content (AvgIpc) is 2.41. The Kier molecular flexibility index (Phi) is 4.09. The molecule has 1 amide bonds. The molecule has 1 heterocycles. The lowest BCUT2D eigenvalue weighted by atomic mass is 9.87. The van der Waals surface area contributed by atoms with Gasteiger partial charge in [-0.15, -0.1) is 0 Å². The minimum atomic E-state index is -0.384. The third-order valence-electron chi connectivity index (χ3n) is 3.17. The summed E-state index contributed by atoms with van der Waals surface area (Å²) < 4.78 is 18.3. The maximum Gasteiger partial charge on any atom is 0.236 e. The standard InChI is InChI=1S/C12H16FN3O2/c13-9-3-6-11(15-7-9)18-10-4-1-8(2-5-10)12(17)16-14/h3,6-8,10H,1-2,4-5,14H2,(H,16,17)/t8-,10-. The molecule has 0 bridgehead atoms. The number of hydrogen-bond acceptors (Lipinski definition) is 4. The molecule has 0 atom stereocenters. The number of hydrazine groups is 1. The van der Waals surface area contributed by atoms with Crippen molar-refractivity contribution in [3.05, 3.63) is 24.1 Å². The van der Waals surface area contributed by atoms with Crippen molar-refractivity contribution in [1.29, 1.82) is 0 Å². The zero-order valence-corrected chi connectivity index (χ0v) is 9.93. The molecule has 0 radical (unpaired) electrons. The lowest BCUT2D eigenvalue weighted by Gasteiger charge is -2.27. The molecule has 98 valence electrons. The summed E-state index contributed by atoms with van der Waals surface area (Å²) in [7, 11) is 0. The zero-order valence-electron chi connectivity index (χ0n) is 9.93. The van der Waals surface area contributed by atoms with Crippen LogP contribution in [0.5, 0.6) is 5.88 Å². The molecule has 0 unspecified atom stereocenters. The first-order valence-corrected chi connectivity index (χ1v) is 5.97. The molecule has 1 aliphatic carbocycles. The van der Waals surface area contributed by atoms with Gasteiger partial charge in [-0.3, -0.25) is 10.2 Å². The van der Waals surface area contributed by atoms with Crippen LogP contribution < -0.4 is 16.0 Å². The summed E-state index contributed by atoms with van der Waals surface area (Å²) in [6.07, 6.45) is 4.20. The monoisotopic (exact) mass is 253 g/mol. The lowest BCUT2D eigenvalue weighted by Crippen LogP contribution is -2.38. The fourth-order valence-electron chi connectivity index (χ4n) is 2.16. The van der Waals surface area contributed by atoms with Gasteiger partial charge in [0, 0.05) is 12.0 Å². The van der Waals surface area contributed by atoms with Gasteiger partial charge < -0.3 is 4.74 Å². The van der Waals surface area contributed by atoms with Crippen molar-refractivity contribution in [2.45, 2.75) is 31.8 Å². The van der Waals surface area contributed by atoms with E-state index in [-0.39, 0.29) is 23.7 Å². The summed E-state index contributed by atoms with van der Waals surface area (Å²) in [5, 5.41) is 0. The Bertz CT molecular complexity index is 402. The zero-order chi connectivity index (χ0) is 13.0. The van der Waals surface area contributed by atoms with Crippen LogP contribution in [0.25, 0.3) is 0 Å². The maximum absolute atomic E-state index is 12.7. The third kappa shape index (κ3) is 3.16. The fraction of sp³-hybridized carbons (Fsp3) is 0.500. The molecule has 1 aliphatic rings. The molecule has 1 saturated carbocycles. The van der Waals surface area contributed by atoms with E-state index in [4.69, 9.17) is 10.6 Å². The molecule has 0 saturated heterocycles. The number of nitrogens with two attached hydrogens (primary N) is 1. The number of aromatic nitrogens is 1. The summed E-state index contributed by atoms with van der Waals surface area (Å²) in [4.78, 5) is 15.2. The van der Waals surface area contributed by atoms with E-state index in [0.29, 0.717) is 5.88 Å². The molecule has 1 fully saturated rings. The van der Waals surface area contributed by atoms with Crippen molar-refractivity contribution in [3.63, 3.8) is 0 Å². The number of nitrogens with one attached hydrogen (secondary N) is 1. The van der Waals surface area contributed by atoms with Crippen LogP contribution in [0.15, 0.2) is 18.3 Å². The van der Waals surface area contributed by atoms with E-state index in [1.165, 1.54) is 12.1 Å². The van der Waals surface area contributed by atoms with Crippen molar-refractivity contribution in [3.8, 4) is 5.88 Å². The average molecular weight is 253 g/mol. The van der Waals surface area contributed by atoms with Gasteiger partial charge in [0.1, 0.15) is 11.9 Å². The molecule has 1 aromatic heterocycles. The number of rotatable bonds is 3. The van der Waals surface area contributed by atoms with Crippen LogP contribution in [-0.4, -0.2) is 17.0 Å². The van der Waals surface area contributed by atoms with E-state index < -0.39 is 0 Å². The second kappa shape index (κ2) is 5.77. The highest BCUT2D eigenvalue weighted by Crippen LogP contribution is 2.27. The van der Waals surface area contributed by atoms with Crippen molar-refractivity contribution in [1.82, 2.24) is 10.4 Å². The Morgan fingerprint density at radius 3 is 2.67 bits per heavy atom. The van der Waals surface area contributed by atoms with Crippen molar-refractivity contribution in [2.75, 3.05) is 0 Å². The summed E-state index contributed by atoms with van der Waals surface area (Å²) in [6.45, 7) is 0. The Morgan fingerprint density at radius 1 is 1.39 bits per heavy atom. The Balaban J connectivity index is 1.83. The molecule has 18 heavy (non-hydrogen) atoms. The number of halogens is 1. The second-order valence-corrected chi connectivity index (χ2v) is 4.41. The van der Waals surface area contributed by atoms with E-state index in [0.717, 1.165) is 31.9 Å². The van der Waals surface area contributed by atoms with Crippen LogP contribution in [0.4, 0.5) is 4.39 Å². The number of amides is 1. The highest BCUT2D eigenvalue weighted by Gasteiger charge is 2.26. The van der Waals surface area contributed by atoms with E-state index in [9.17, 15) is 9.18 Å². The van der Waals surface area contributed by atoms with Crippen LogP contribution in [-0.2, 0) is 4.79 Å². The highest BCUT2D eigenvalue weighted by molar-refractivity contribution is 5.77. The van der Waals surface area contributed by atoms with Gasteiger partial charge >= 0.3 is 0 Å². The summed E-state index contributed by atoms with van der Waals surface area (Å²) in [6, 6.07) is 2.82. The van der Waals surface area contributed by atoms with Crippen molar-refractivity contribution in [2.24, 2.45) is 11.8 Å². The first kappa shape index (κ1) is 12.8. The van der Waals surface area contributed by atoms with Gasteiger partial charge in [-0.05, 0) is 31.7 Å². The van der Waals surface area contributed by atoms with Gasteiger partial charge in [0.2, 0.25) is 11.8 Å². The smallest absolute Gasteiger partial charge is 0.236 e. The van der Waals surface area contributed by atoms with E-state index in [1.54, 1.807) is 0 Å². The number of carbonyl (C=O) groups excluding carboxylic acids is 1. The normalized spacial score (nSPS) is 23.4. The maximum atomic E-state index is 12.7. The van der Waals surface area contributed by atoms with Crippen molar-refractivity contribution < 1.29 is 13.9 Å². The summed E-state index contributed by atoms with van der Waals surface area (Å²) in [5.74, 6) is 4.99. The van der Waals surface area contributed by atoms with Crippen LogP contribution >= 0.6 is 0 Å². The molecule has 0 aromatic carbocycles. The first-order valence-electron chi connectivity index (χ1n) is 5.97. The molecule has 2 rings (SSSR count). The molecule has 6 heteroatoms. The predicted octanol–water partition coefficient (Wildman–Crippen LogP) is 1.15. The fourth-order valence-corrected chi connectivity index (χ4v) is 2.16. The number of pyridine rings is 1. The minimum Gasteiger partial charge on any atom is -0.474 e. The second-order valence-electron chi connectivity index (χ2n) is 4.41.